The zero-order chi connectivity index (χ0) is 20.0. The van der Waals surface area contributed by atoms with E-state index in [1.165, 1.54) is 4.90 Å². The number of rotatable bonds is 6. The molecule has 1 heterocycles. The summed E-state index contributed by atoms with van der Waals surface area (Å²) in [5.41, 5.74) is 0.253. The van der Waals surface area contributed by atoms with Gasteiger partial charge in [-0.15, -0.1) is 0 Å². The van der Waals surface area contributed by atoms with E-state index in [9.17, 15) is 14.4 Å². The molecule has 1 saturated heterocycles. The van der Waals surface area contributed by atoms with Gasteiger partial charge in [0.1, 0.15) is 24.7 Å². The lowest BCUT2D eigenvalue weighted by atomic mass is 9.83. The molecule has 1 aromatic rings. The third kappa shape index (κ3) is 6.08. The molecule has 0 aliphatic carbocycles. The van der Waals surface area contributed by atoms with Crippen molar-refractivity contribution in [3.63, 3.8) is 0 Å². The maximum Gasteiger partial charge on any atom is 0.326 e. The van der Waals surface area contributed by atoms with Gasteiger partial charge in [0.05, 0.1) is 0 Å². The van der Waals surface area contributed by atoms with Gasteiger partial charge < -0.3 is 14.4 Å². The molecule has 0 radical (unpaired) electrons. The number of amides is 1. The topological polar surface area (TPSA) is 72.9 Å². The predicted molar refractivity (Wildman–Crippen MR) is 101 cm³/mol. The van der Waals surface area contributed by atoms with Crippen molar-refractivity contribution in [3.8, 4) is 0 Å². The van der Waals surface area contributed by atoms with Gasteiger partial charge >= 0.3 is 11.9 Å². The summed E-state index contributed by atoms with van der Waals surface area (Å²) >= 11 is 0. The number of hydrogen-bond acceptors (Lipinski definition) is 5. The molecule has 2 rings (SSSR count). The molecule has 0 bridgehead atoms. The van der Waals surface area contributed by atoms with Crippen LogP contribution in [0.4, 0.5) is 0 Å². The van der Waals surface area contributed by atoms with Crippen molar-refractivity contribution in [2.45, 2.75) is 52.7 Å². The summed E-state index contributed by atoms with van der Waals surface area (Å²) < 4.78 is 10.7. The number of esters is 2. The van der Waals surface area contributed by atoms with Gasteiger partial charge in [-0.2, -0.15) is 0 Å². The van der Waals surface area contributed by atoms with Gasteiger partial charge in [0.2, 0.25) is 5.91 Å². The van der Waals surface area contributed by atoms with Crippen LogP contribution in [0.25, 0.3) is 0 Å². The monoisotopic (exact) mass is 375 g/mol. The fourth-order valence-corrected chi connectivity index (χ4v) is 3.24. The molecule has 2 atom stereocenters. The molecular weight excluding hydrogens is 346 g/mol. The summed E-state index contributed by atoms with van der Waals surface area (Å²) in [5, 5.41) is 0. The Kier molecular flexibility index (Phi) is 6.99. The standard InChI is InChI=1S/C21H29NO5/c1-5-16-11-12-22(13-17(23)27-21(2,3)4)19(24)18(16)20(25)26-14-15-9-7-6-8-10-15/h6-10,16,18H,5,11-14H2,1-4H3/t16-,18+/m0/s1. The molecule has 1 amide bonds. The first-order valence-corrected chi connectivity index (χ1v) is 9.42. The largest absolute Gasteiger partial charge is 0.460 e. The van der Waals surface area contributed by atoms with Crippen molar-refractivity contribution in [2.75, 3.05) is 13.1 Å². The summed E-state index contributed by atoms with van der Waals surface area (Å²) in [6, 6.07) is 9.35. The number of nitrogens with zero attached hydrogens (tertiary/aromatic N) is 1. The van der Waals surface area contributed by atoms with Crippen LogP contribution in [0, 0.1) is 11.8 Å². The molecule has 1 fully saturated rings. The van der Waals surface area contributed by atoms with E-state index in [2.05, 4.69) is 0 Å². The Labute approximate surface area is 160 Å². The fourth-order valence-electron chi connectivity index (χ4n) is 3.24. The molecule has 6 nitrogen and oxygen atoms in total. The maximum atomic E-state index is 12.9. The zero-order valence-electron chi connectivity index (χ0n) is 16.6. The van der Waals surface area contributed by atoms with Crippen molar-refractivity contribution in [2.24, 2.45) is 11.8 Å². The molecule has 1 aliphatic heterocycles. The van der Waals surface area contributed by atoms with E-state index in [0.717, 1.165) is 5.56 Å². The number of piperidine rings is 1. The number of hydrogen-bond donors (Lipinski definition) is 0. The van der Waals surface area contributed by atoms with Crippen LogP contribution in [0.1, 0.15) is 46.1 Å². The molecule has 0 unspecified atom stereocenters. The Morgan fingerprint density at radius 3 is 2.44 bits per heavy atom. The summed E-state index contributed by atoms with van der Waals surface area (Å²) in [4.78, 5) is 39.0. The number of carbonyl (C=O) groups is 3. The zero-order valence-corrected chi connectivity index (χ0v) is 16.6. The van der Waals surface area contributed by atoms with E-state index in [-0.39, 0.29) is 25.0 Å². The van der Waals surface area contributed by atoms with E-state index in [1.54, 1.807) is 20.8 Å². The summed E-state index contributed by atoms with van der Waals surface area (Å²) in [5.74, 6) is -2.28. The Morgan fingerprint density at radius 2 is 1.85 bits per heavy atom. The minimum atomic E-state index is -0.866. The number of carbonyl (C=O) groups excluding carboxylic acids is 3. The Morgan fingerprint density at radius 1 is 1.19 bits per heavy atom. The first-order chi connectivity index (χ1) is 12.7. The van der Waals surface area contributed by atoms with Crippen molar-refractivity contribution >= 4 is 17.8 Å². The highest BCUT2D eigenvalue weighted by Crippen LogP contribution is 2.29. The Balaban J connectivity index is 2.02. The smallest absolute Gasteiger partial charge is 0.326 e. The molecule has 1 aromatic carbocycles. The number of benzene rings is 1. The highest BCUT2D eigenvalue weighted by atomic mass is 16.6. The summed E-state index contributed by atoms with van der Waals surface area (Å²) in [6.07, 6.45) is 1.37. The first kappa shape index (κ1) is 20.9. The maximum absolute atomic E-state index is 12.9. The van der Waals surface area contributed by atoms with Crippen LogP contribution in [0.5, 0.6) is 0 Å². The SMILES string of the molecule is CC[C@H]1CCN(CC(=O)OC(C)(C)C)C(=O)[C@@H]1C(=O)OCc1ccccc1. The fraction of sp³-hybridized carbons (Fsp3) is 0.571. The average Bonchev–Trinajstić information content (AvgIpc) is 2.60. The van der Waals surface area contributed by atoms with Crippen LogP contribution in [0.15, 0.2) is 30.3 Å². The van der Waals surface area contributed by atoms with Gasteiger partial charge in [0.15, 0.2) is 0 Å². The van der Waals surface area contributed by atoms with E-state index < -0.39 is 23.5 Å². The molecular formula is C21H29NO5. The van der Waals surface area contributed by atoms with Gasteiger partial charge in [0.25, 0.3) is 0 Å². The quantitative estimate of drug-likeness (QED) is 0.565. The molecule has 0 saturated carbocycles. The molecule has 27 heavy (non-hydrogen) atoms. The second-order valence-corrected chi connectivity index (χ2v) is 7.87. The van der Waals surface area contributed by atoms with Crippen LogP contribution in [0.3, 0.4) is 0 Å². The van der Waals surface area contributed by atoms with Crippen LogP contribution < -0.4 is 0 Å². The van der Waals surface area contributed by atoms with Gasteiger partial charge in [0, 0.05) is 6.54 Å². The highest BCUT2D eigenvalue weighted by molar-refractivity contribution is 5.99. The van der Waals surface area contributed by atoms with Gasteiger partial charge in [-0.25, -0.2) is 0 Å². The van der Waals surface area contributed by atoms with E-state index in [1.807, 2.05) is 37.3 Å². The van der Waals surface area contributed by atoms with E-state index in [0.29, 0.717) is 19.4 Å². The van der Waals surface area contributed by atoms with Crippen molar-refractivity contribution < 1.29 is 23.9 Å². The third-order valence-corrected chi connectivity index (χ3v) is 4.56. The molecule has 1 aliphatic rings. The van der Waals surface area contributed by atoms with E-state index >= 15 is 0 Å². The molecule has 0 N–H and O–H groups in total. The Hall–Kier alpha value is -2.37. The molecule has 6 heteroatoms. The minimum absolute atomic E-state index is 0.0735. The second kappa shape index (κ2) is 9.02. The summed E-state index contributed by atoms with van der Waals surface area (Å²) in [7, 11) is 0. The number of ether oxygens (including phenoxy) is 2. The minimum Gasteiger partial charge on any atom is -0.460 e. The Bertz CT molecular complexity index is 665. The molecule has 148 valence electrons. The van der Waals surface area contributed by atoms with Gasteiger partial charge in [-0.1, -0.05) is 43.7 Å². The predicted octanol–water partition coefficient (Wildman–Crippen LogP) is 2.95. The summed E-state index contributed by atoms with van der Waals surface area (Å²) in [6.45, 7) is 7.72. The van der Waals surface area contributed by atoms with Crippen LogP contribution in [0.2, 0.25) is 0 Å². The highest BCUT2D eigenvalue weighted by Gasteiger charge is 2.42. The van der Waals surface area contributed by atoms with Crippen LogP contribution in [-0.2, 0) is 30.5 Å². The average molecular weight is 375 g/mol. The number of likely N-dealkylation sites (tertiary alicyclic amines) is 1. The molecule has 0 aromatic heterocycles. The van der Waals surface area contributed by atoms with E-state index in [4.69, 9.17) is 9.47 Å². The van der Waals surface area contributed by atoms with Crippen LogP contribution in [-0.4, -0.2) is 41.4 Å². The van der Waals surface area contributed by atoms with Crippen molar-refractivity contribution in [3.05, 3.63) is 35.9 Å². The first-order valence-electron chi connectivity index (χ1n) is 9.42. The lowest BCUT2D eigenvalue weighted by Gasteiger charge is -2.36. The van der Waals surface area contributed by atoms with Crippen molar-refractivity contribution in [1.29, 1.82) is 0 Å². The lowest BCUT2D eigenvalue weighted by molar-refractivity contribution is -0.168. The normalized spacial score (nSPS) is 20.3. The van der Waals surface area contributed by atoms with Gasteiger partial charge in [-0.3, -0.25) is 14.4 Å². The van der Waals surface area contributed by atoms with Crippen molar-refractivity contribution in [1.82, 2.24) is 4.90 Å². The van der Waals surface area contributed by atoms with Crippen LogP contribution >= 0.6 is 0 Å². The van der Waals surface area contributed by atoms with Gasteiger partial charge in [-0.05, 0) is 38.7 Å². The second-order valence-electron chi connectivity index (χ2n) is 7.87. The molecule has 0 spiro atoms. The third-order valence-electron chi connectivity index (χ3n) is 4.56. The lowest BCUT2D eigenvalue weighted by Crippen LogP contribution is -2.51.